The Bertz CT molecular complexity index is 627. The van der Waals surface area contributed by atoms with E-state index in [-0.39, 0.29) is 17.6 Å². The summed E-state index contributed by atoms with van der Waals surface area (Å²) in [5, 5.41) is 0. The molecular formula is C15H22N2O4S. The number of hydrogen-bond acceptors (Lipinski definition) is 6. The molecule has 122 valence electrons. The zero-order valence-electron chi connectivity index (χ0n) is 12.7. The summed E-state index contributed by atoms with van der Waals surface area (Å²) in [5.41, 5.74) is 6.37. The van der Waals surface area contributed by atoms with Crippen molar-refractivity contribution in [3.05, 3.63) is 18.2 Å². The second kappa shape index (κ2) is 5.96. The lowest BCUT2D eigenvalue weighted by molar-refractivity contribution is 0.0198. The van der Waals surface area contributed by atoms with Crippen molar-refractivity contribution < 1.29 is 17.9 Å². The van der Waals surface area contributed by atoms with Crippen LogP contribution < -0.4 is 15.2 Å². The maximum atomic E-state index is 11.5. The molecule has 7 heteroatoms. The number of benzene rings is 1. The summed E-state index contributed by atoms with van der Waals surface area (Å²) in [7, 11) is -1.21. The summed E-state index contributed by atoms with van der Waals surface area (Å²) in [6.07, 6.45) is 2.00. The van der Waals surface area contributed by atoms with Gasteiger partial charge < -0.3 is 15.2 Å². The van der Waals surface area contributed by atoms with Gasteiger partial charge in [0, 0.05) is 43.7 Å². The van der Waals surface area contributed by atoms with Gasteiger partial charge in [-0.05, 0) is 12.1 Å². The first-order valence-electron chi connectivity index (χ1n) is 7.51. The largest absolute Gasteiger partial charge is 0.493 e. The van der Waals surface area contributed by atoms with Gasteiger partial charge in [0.1, 0.15) is 6.10 Å². The van der Waals surface area contributed by atoms with Crippen LogP contribution in [-0.2, 0) is 9.84 Å². The predicted octanol–water partition coefficient (Wildman–Crippen LogP) is 0.918. The van der Waals surface area contributed by atoms with Crippen LogP contribution in [0.15, 0.2) is 18.2 Å². The number of anilines is 1. The molecule has 1 heterocycles. The minimum atomic E-state index is -2.81. The van der Waals surface area contributed by atoms with Crippen molar-refractivity contribution in [2.24, 2.45) is 0 Å². The van der Waals surface area contributed by atoms with Crippen molar-refractivity contribution in [3.8, 4) is 11.5 Å². The van der Waals surface area contributed by atoms with Gasteiger partial charge in [0.2, 0.25) is 0 Å². The zero-order chi connectivity index (χ0) is 15.7. The average molecular weight is 326 g/mol. The molecule has 0 radical (unpaired) electrons. The van der Waals surface area contributed by atoms with E-state index in [0.29, 0.717) is 36.3 Å². The number of nitrogens with two attached hydrogens (primary N) is 1. The molecular weight excluding hydrogens is 304 g/mol. The molecule has 0 aromatic heterocycles. The lowest BCUT2D eigenvalue weighted by atomic mass is 9.87. The Morgan fingerprint density at radius 2 is 1.86 bits per heavy atom. The van der Waals surface area contributed by atoms with E-state index in [2.05, 4.69) is 4.90 Å². The van der Waals surface area contributed by atoms with Crippen molar-refractivity contribution in [3.63, 3.8) is 0 Å². The molecule has 1 aromatic rings. The van der Waals surface area contributed by atoms with Gasteiger partial charge in [0.15, 0.2) is 21.3 Å². The maximum absolute atomic E-state index is 11.5. The zero-order valence-corrected chi connectivity index (χ0v) is 13.5. The molecule has 0 spiro atoms. The van der Waals surface area contributed by atoms with Crippen LogP contribution in [0.1, 0.15) is 12.8 Å². The highest BCUT2D eigenvalue weighted by atomic mass is 32.2. The summed E-state index contributed by atoms with van der Waals surface area (Å²) in [4.78, 5) is 2.27. The highest BCUT2D eigenvalue weighted by molar-refractivity contribution is 7.91. The van der Waals surface area contributed by atoms with E-state index in [9.17, 15) is 8.42 Å². The molecule has 2 N–H and O–H groups in total. The fourth-order valence-electron chi connectivity index (χ4n) is 2.99. The van der Waals surface area contributed by atoms with Gasteiger partial charge in [0.25, 0.3) is 0 Å². The summed E-state index contributed by atoms with van der Waals surface area (Å²) in [6.45, 7) is 1.29. The number of sulfone groups is 1. The van der Waals surface area contributed by atoms with Gasteiger partial charge in [-0.2, -0.15) is 0 Å². The summed E-state index contributed by atoms with van der Waals surface area (Å²) in [6, 6.07) is 5.81. The Morgan fingerprint density at radius 1 is 1.18 bits per heavy atom. The van der Waals surface area contributed by atoms with Crippen LogP contribution in [0, 0.1) is 0 Å². The third kappa shape index (κ3) is 3.30. The number of nitrogen functional groups attached to an aromatic ring is 1. The molecule has 0 unspecified atom stereocenters. The van der Waals surface area contributed by atoms with Gasteiger partial charge in [-0.25, -0.2) is 8.42 Å². The molecule has 1 aliphatic carbocycles. The molecule has 2 fully saturated rings. The van der Waals surface area contributed by atoms with E-state index >= 15 is 0 Å². The molecule has 1 aliphatic heterocycles. The summed E-state index contributed by atoms with van der Waals surface area (Å²) >= 11 is 0. The molecule has 22 heavy (non-hydrogen) atoms. The van der Waals surface area contributed by atoms with Gasteiger partial charge in [-0.1, -0.05) is 0 Å². The molecule has 0 bridgehead atoms. The van der Waals surface area contributed by atoms with Gasteiger partial charge in [-0.3, -0.25) is 4.90 Å². The van der Waals surface area contributed by atoms with Gasteiger partial charge in [-0.15, -0.1) is 0 Å². The molecule has 1 aromatic carbocycles. The van der Waals surface area contributed by atoms with E-state index in [1.165, 1.54) is 0 Å². The Kier molecular flexibility index (Phi) is 4.18. The highest BCUT2D eigenvalue weighted by Crippen LogP contribution is 2.35. The Hall–Kier alpha value is -1.47. The minimum absolute atomic E-state index is 0.154. The Labute approximate surface area is 131 Å². The van der Waals surface area contributed by atoms with E-state index in [0.717, 1.165) is 12.8 Å². The summed E-state index contributed by atoms with van der Waals surface area (Å²) < 4.78 is 34.1. The lowest BCUT2D eigenvalue weighted by Crippen LogP contribution is -2.54. The first kappa shape index (κ1) is 15.4. The van der Waals surface area contributed by atoms with Gasteiger partial charge in [0.05, 0.1) is 18.6 Å². The third-order valence-electron chi connectivity index (χ3n) is 4.45. The van der Waals surface area contributed by atoms with Crippen molar-refractivity contribution in [1.82, 2.24) is 4.90 Å². The minimum Gasteiger partial charge on any atom is -0.493 e. The normalized spacial score (nSPS) is 27.9. The standard InChI is InChI=1S/C15H22N2O4S/c1-20-15-8-11(16)2-3-14(15)21-13-9-12(10-13)17-4-6-22(18,19)7-5-17/h2-3,8,12-13H,4-7,9-10,16H2,1H3. The van der Waals surface area contributed by atoms with Crippen molar-refractivity contribution in [2.75, 3.05) is 37.4 Å². The number of nitrogens with zero attached hydrogens (tertiary/aromatic N) is 1. The van der Waals surface area contributed by atoms with Crippen molar-refractivity contribution in [2.45, 2.75) is 25.0 Å². The van der Waals surface area contributed by atoms with E-state index in [1.54, 1.807) is 19.2 Å². The van der Waals surface area contributed by atoms with E-state index in [4.69, 9.17) is 15.2 Å². The number of methoxy groups -OCH3 is 1. The molecule has 1 saturated heterocycles. The second-order valence-electron chi connectivity index (χ2n) is 5.96. The summed E-state index contributed by atoms with van der Waals surface area (Å²) in [5.74, 6) is 1.91. The quantitative estimate of drug-likeness (QED) is 0.829. The monoisotopic (exact) mass is 326 g/mol. The third-order valence-corrected chi connectivity index (χ3v) is 6.06. The van der Waals surface area contributed by atoms with Crippen LogP contribution in [0.4, 0.5) is 5.69 Å². The molecule has 0 amide bonds. The maximum Gasteiger partial charge on any atom is 0.162 e. The average Bonchev–Trinajstić information content (AvgIpc) is 2.44. The van der Waals surface area contributed by atoms with Gasteiger partial charge >= 0.3 is 0 Å². The lowest BCUT2D eigenvalue weighted by Gasteiger charge is -2.44. The smallest absolute Gasteiger partial charge is 0.162 e. The van der Waals surface area contributed by atoms with E-state index in [1.807, 2.05) is 6.07 Å². The van der Waals surface area contributed by atoms with Crippen LogP contribution in [0.25, 0.3) is 0 Å². The number of ether oxygens (including phenoxy) is 2. The number of hydrogen-bond donors (Lipinski definition) is 1. The molecule has 6 nitrogen and oxygen atoms in total. The second-order valence-corrected chi connectivity index (χ2v) is 8.27. The fraction of sp³-hybridized carbons (Fsp3) is 0.600. The SMILES string of the molecule is COc1cc(N)ccc1OC1CC(N2CCS(=O)(=O)CC2)C1. The van der Waals surface area contributed by atoms with Crippen LogP contribution in [0.3, 0.4) is 0 Å². The van der Waals surface area contributed by atoms with Crippen molar-refractivity contribution in [1.29, 1.82) is 0 Å². The molecule has 1 saturated carbocycles. The van der Waals surface area contributed by atoms with Crippen LogP contribution in [-0.4, -0.2) is 57.2 Å². The first-order chi connectivity index (χ1) is 10.5. The first-order valence-corrected chi connectivity index (χ1v) is 9.33. The number of rotatable bonds is 4. The predicted molar refractivity (Wildman–Crippen MR) is 85.1 cm³/mol. The van der Waals surface area contributed by atoms with Crippen LogP contribution in [0.2, 0.25) is 0 Å². The topological polar surface area (TPSA) is 81.9 Å². The molecule has 0 atom stereocenters. The molecule has 2 aliphatic rings. The van der Waals surface area contributed by atoms with Crippen LogP contribution in [0.5, 0.6) is 11.5 Å². The molecule has 3 rings (SSSR count). The highest BCUT2D eigenvalue weighted by Gasteiger charge is 2.37. The Morgan fingerprint density at radius 3 is 2.50 bits per heavy atom. The fourth-order valence-corrected chi connectivity index (χ4v) is 4.21. The van der Waals surface area contributed by atoms with Crippen molar-refractivity contribution >= 4 is 15.5 Å². The van der Waals surface area contributed by atoms with Crippen LogP contribution >= 0.6 is 0 Å². The van der Waals surface area contributed by atoms with E-state index < -0.39 is 9.84 Å². The Balaban J connectivity index is 1.52.